The van der Waals surface area contributed by atoms with Gasteiger partial charge in [-0.3, -0.25) is 4.79 Å². The topological polar surface area (TPSA) is 44.1 Å². The van der Waals surface area contributed by atoms with Crippen molar-refractivity contribution in [3.63, 3.8) is 0 Å². The molecule has 0 bridgehead atoms. The summed E-state index contributed by atoms with van der Waals surface area (Å²) in [7, 11) is 0. The zero-order valence-corrected chi connectivity index (χ0v) is 12.0. The van der Waals surface area contributed by atoms with E-state index in [0.29, 0.717) is 29.3 Å². The molecule has 0 amide bonds. The van der Waals surface area contributed by atoms with Crippen molar-refractivity contribution in [3.8, 4) is 5.75 Å². The van der Waals surface area contributed by atoms with Gasteiger partial charge >= 0.3 is 0 Å². The molecule has 0 aliphatic rings. The minimum atomic E-state index is -0.115. The van der Waals surface area contributed by atoms with Crippen LogP contribution in [0, 0.1) is 0 Å². The van der Waals surface area contributed by atoms with Crippen LogP contribution < -0.4 is 10.3 Å². The summed E-state index contributed by atoms with van der Waals surface area (Å²) >= 11 is 6.01. The Bertz CT molecular complexity index is 830. The van der Waals surface area contributed by atoms with E-state index in [9.17, 15) is 4.79 Å². The van der Waals surface area contributed by atoms with Gasteiger partial charge in [0.05, 0.1) is 23.2 Å². The highest BCUT2D eigenvalue weighted by atomic mass is 35.5. The lowest BCUT2D eigenvalue weighted by molar-refractivity contribution is 0.288. The quantitative estimate of drug-likeness (QED) is 0.743. The molecule has 0 fully saturated rings. The largest absolute Gasteiger partial charge is 0.490 e. The van der Waals surface area contributed by atoms with Crippen LogP contribution in [0.2, 0.25) is 5.02 Å². The second-order valence-corrected chi connectivity index (χ2v) is 4.95. The molecule has 0 aliphatic heterocycles. The van der Waals surface area contributed by atoms with Gasteiger partial charge in [0, 0.05) is 5.39 Å². The van der Waals surface area contributed by atoms with Gasteiger partial charge in [0.25, 0.3) is 5.56 Å². The van der Waals surface area contributed by atoms with Crippen molar-refractivity contribution in [1.82, 2.24) is 9.78 Å². The van der Waals surface area contributed by atoms with Crippen LogP contribution in [0.1, 0.15) is 0 Å². The standard InChI is InChI=1S/C16H13ClN2O2/c17-14-7-3-4-8-15(14)21-10-9-19-16(20)13-6-2-1-5-12(13)11-18-19/h1-8,11H,9-10H2. The summed E-state index contributed by atoms with van der Waals surface area (Å²) in [6.45, 7) is 0.698. The maximum atomic E-state index is 12.3. The Morgan fingerprint density at radius 2 is 1.86 bits per heavy atom. The monoisotopic (exact) mass is 300 g/mol. The number of halogens is 1. The average Bonchev–Trinajstić information content (AvgIpc) is 2.52. The second kappa shape index (κ2) is 5.97. The zero-order valence-electron chi connectivity index (χ0n) is 11.2. The minimum absolute atomic E-state index is 0.115. The van der Waals surface area contributed by atoms with E-state index in [-0.39, 0.29) is 5.56 Å². The summed E-state index contributed by atoms with van der Waals surface area (Å²) in [5.41, 5.74) is -0.115. The molecule has 21 heavy (non-hydrogen) atoms. The highest BCUT2D eigenvalue weighted by Gasteiger charge is 2.04. The van der Waals surface area contributed by atoms with Crippen LogP contribution in [0.25, 0.3) is 10.8 Å². The van der Waals surface area contributed by atoms with Gasteiger partial charge in [-0.1, -0.05) is 41.9 Å². The van der Waals surface area contributed by atoms with E-state index in [1.165, 1.54) is 4.68 Å². The number of fused-ring (bicyclic) bond motifs is 1. The molecule has 3 rings (SSSR count). The van der Waals surface area contributed by atoms with Crippen LogP contribution in [-0.2, 0) is 6.54 Å². The lowest BCUT2D eigenvalue weighted by Crippen LogP contribution is -2.25. The van der Waals surface area contributed by atoms with Crippen LogP contribution in [0.4, 0.5) is 0 Å². The number of hydrogen-bond donors (Lipinski definition) is 0. The number of benzene rings is 2. The van der Waals surface area contributed by atoms with Crippen LogP contribution in [-0.4, -0.2) is 16.4 Å². The van der Waals surface area contributed by atoms with E-state index in [1.54, 1.807) is 24.4 Å². The number of hydrogen-bond acceptors (Lipinski definition) is 3. The van der Waals surface area contributed by atoms with E-state index >= 15 is 0 Å². The molecule has 2 aromatic carbocycles. The molecule has 1 aromatic heterocycles. The SMILES string of the molecule is O=c1c2ccccc2cnn1CCOc1ccccc1Cl. The summed E-state index contributed by atoms with van der Waals surface area (Å²) in [4.78, 5) is 12.3. The average molecular weight is 301 g/mol. The Labute approximate surface area is 126 Å². The normalized spacial score (nSPS) is 10.7. The molecule has 0 N–H and O–H groups in total. The van der Waals surface area contributed by atoms with Crippen molar-refractivity contribution in [3.05, 3.63) is 70.1 Å². The van der Waals surface area contributed by atoms with Crippen molar-refractivity contribution in [1.29, 1.82) is 0 Å². The van der Waals surface area contributed by atoms with E-state index in [2.05, 4.69) is 5.10 Å². The maximum absolute atomic E-state index is 12.3. The summed E-state index contributed by atoms with van der Waals surface area (Å²) in [5, 5.41) is 6.20. The van der Waals surface area contributed by atoms with Crippen molar-refractivity contribution < 1.29 is 4.74 Å². The predicted octanol–water partition coefficient (Wildman–Crippen LogP) is 3.13. The first-order valence-electron chi connectivity index (χ1n) is 6.58. The van der Waals surface area contributed by atoms with Gasteiger partial charge in [0.15, 0.2) is 0 Å². The van der Waals surface area contributed by atoms with Gasteiger partial charge < -0.3 is 4.74 Å². The fourth-order valence-electron chi connectivity index (χ4n) is 2.09. The number of aromatic nitrogens is 2. The maximum Gasteiger partial charge on any atom is 0.274 e. The van der Waals surface area contributed by atoms with E-state index < -0.39 is 0 Å². The molecule has 0 saturated heterocycles. The van der Waals surface area contributed by atoms with Gasteiger partial charge in [0.2, 0.25) is 0 Å². The predicted molar refractivity (Wildman–Crippen MR) is 83.0 cm³/mol. The molecule has 5 heteroatoms. The van der Waals surface area contributed by atoms with Crippen LogP contribution in [0.5, 0.6) is 5.75 Å². The fourth-order valence-corrected chi connectivity index (χ4v) is 2.28. The highest BCUT2D eigenvalue weighted by Crippen LogP contribution is 2.22. The van der Waals surface area contributed by atoms with Crippen molar-refractivity contribution in [2.24, 2.45) is 0 Å². The zero-order chi connectivity index (χ0) is 14.7. The molecule has 0 radical (unpaired) electrons. The van der Waals surface area contributed by atoms with Crippen LogP contribution in [0.15, 0.2) is 59.5 Å². The fraction of sp³-hybridized carbons (Fsp3) is 0.125. The molecule has 4 nitrogen and oxygen atoms in total. The third-order valence-corrected chi connectivity index (χ3v) is 3.47. The summed E-state index contributed by atoms with van der Waals surface area (Å²) in [6, 6.07) is 14.6. The first-order valence-corrected chi connectivity index (χ1v) is 6.96. The van der Waals surface area contributed by atoms with E-state index in [1.807, 2.05) is 30.3 Å². The molecular weight excluding hydrogens is 288 g/mol. The molecule has 0 atom stereocenters. The molecule has 0 spiro atoms. The number of para-hydroxylation sites is 1. The minimum Gasteiger partial charge on any atom is -0.490 e. The third kappa shape index (κ3) is 2.90. The molecule has 0 unspecified atom stereocenters. The van der Waals surface area contributed by atoms with E-state index in [4.69, 9.17) is 16.3 Å². The number of rotatable bonds is 4. The Morgan fingerprint density at radius 3 is 2.71 bits per heavy atom. The first kappa shape index (κ1) is 13.6. The lowest BCUT2D eigenvalue weighted by Gasteiger charge is -2.09. The first-order chi connectivity index (χ1) is 10.3. The molecule has 3 aromatic rings. The van der Waals surface area contributed by atoms with Gasteiger partial charge in [-0.2, -0.15) is 5.10 Å². The summed E-state index contributed by atoms with van der Waals surface area (Å²) in [6.07, 6.45) is 1.69. The van der Waals surface area contributed by atoms with Gasteiger partial charge in [-0.25, -0.2) is 4.68 Å². The molecule has 0 saturated carbocycles. The molecule has 0 aliphatic carbocycles. The second-order valence-electron chi connectivity index (χ2n) is 4.54. The Kier molecular flexibility index (Phi) is 3.88. The summed E-state index contributed by atoms with van der Waals surface area (Å²) in [5.74, 6) is 0.605. The Morgan fingerprint density at radius 1 is 1.10 bits per heavy atom. The third-order valence-electron chi connectivity index (χ3n) is 3.16. The van der Waals surface area contributed by atoms with E-state index in [0.717, 1.165) is 5.39 Å². The van der Waals surface area contributed by atoms with Crippen LogP contribution in [0.3, 0.4) is 0 Å². The number of nitrogens with zero attached hydrogens (tertiary/aromatic N) is 2. The molecular formula is C16H13ClN2O2. The van der Waals surface area contributed by atoms with Gasteiger partial charge in [-0.15, -0.1) is 0 Å². The van der Waals surface area contributed by atoms with Gasteiger partial charge in [-0.05, 0) is 18.2 Å². The lowest BCUT2D eigenvalue weighted by atomic mass is 10.2. The van der Waals surface area contributed by atoms with Crippen LogP contribution >= 0.6 is 11.6 Å². The number of ether oxygens (including phenoxy) is 1. The molecule has 1 heterocycles. The van der Waals surface area contributed by atoms with Crippen molar-refractivity contribution in [2.75, 3.05) is 6.61 Å². The summed E-state index contributed by atoms with van der Waals surface area (Å²) < 4.78 is 6.98. The van der Waals surface area contributed by atoms with Crippen molar-refractivity contribution >= 4 is 22.4 Å². The molecule has 106 valence electrons. The van der Waals surface area contributed by atoms with Gasteiger partial charge in [0.1, 0.15) is 12.4 Å². The smallest absolute Gasteiger partial charge is 0.274 e. The van der Waals surface area contributed by atoms with Crippen molar-refractivity contribution in [2.45, 2.75) is 6.54 Å². The Hall–Kier alpha value is -2.33. The Balaban J connectivity index is 1.76. The highest BCUT2D eigenvalue weighted by molar-refractivity contribution is 6.32.